The third kappa shape index (κ3) is 20.2. The first kappa shape index (κ1) is 90.3. The van der Waals surface area contributed by atoms with Crippen LogP contribution in [0.4, 0.5) is 0 Å². The summed E-state index contributed by atoms with van der Waals surface area (Å²) in [5.74, 6) is -2.62. The summed E-state index contributed by atoms with van der Waals surface area (Å²) in [6, 6.07) is 28.8. The van der Waals surface area contributed by atoms with Crippen molar-refractivity contribution in [3.05, 3.63) is 229 Å². The number of thiophene rings is 3. The molecule has 0 aliphatic rings. The number of carbonyl (C=O) groups is 3. The van der Waals surface area contributed by atoms with Crippen molar-refractivity contribution in [1.29, 1.82) is 0 Å². The van der Waals surface area contributed by atoms with Crippen molar-refractivity contribution >= 4 is 98.5 Å². The van der Waals surface area contributed by atoms with Crippen LogP contribution in [0.1, 0.15) is 184 Å². The normalized spacial score (nSPS) is 12.9. The van der Waals surface area contributed by atoms with E-state index >= 15 is 0 Å². The summed E-state index contributed by atoms with van der Waals surface area (Å²) in [5, 5.41) is 26.5. The van der Waals surface area contributed by atoms with E-state index in [4.69, 9.17) is 23.7 Å². The van der Waals surface area contributed by atoms with E-state index < -0.39 is 97.8 Å². The highest BCUT2D eigenvalue weighted by atomic mass is 79.9. The molecule has 9 aromatic heterocycles. The van der Waals surface area contributed by atoms with Gasteiger partial charge in [-0.25, -0.2) is 66.8 Å². The molecule has 115 heavy (non-hydrogen) atoms. The number of aromatic amines is 1. The number of aliphatic carboxylic acids is 1. The monoisotopic (exact) mass is 1700 g/mol. The molecule has 0 aliphatic carbocycles. The second-order valence-electron chi connectivity index (χ2n) is 31.3. The standard InChI is InChI=1S/C28H35N5O5S.C26H33BrN2O5S.C24H27N5O5S.C2H3N3.CH4/c1-17(2)37-20(19-12-10-9-11-13-19)14-31-24-21(18(3)23(39-24)32-16-29-15-30-32)22(34)33(26(31)36)28(7,8)25(35)38-27(4,5)6;1-15(2)33-18(17-12-10-9-11-13-17)14-28-22-19(16(3)20(27)35-22)21(30)29(24(28)32)26(7,8)23(31)34-25(4,5)6;1-14(2)34-17(16-9-7-6-8-10-16)11-27-21-18(15(3)20(35-21)28-13-25-12-26-28)19(30)29(23(27)33)24(4,5)22(31)32;1-3-2-5-4-1;/h9-13,15-17,20H,14H2,1-8H3;9-13,15,18H,14H2,1-8H3;6-10,12-14,17H,11H2,1-5H3,(H,31,32);1-2H,(H,3,4,5);1H4/t20-;18-;17-;;/m000../s1. The molecule has 30 nitrogen and oxygen atoms in total. The summed E-state index contributed by atoms with van der Waals surface area (Å²) < 4.78 is 41.1. The summed E-state index contributed by atoms with van der Waals surface area (Å²) >= 11 is 7.35. The zero-order valence-electron chi connectivity index (χ0n) is 67.7. The Bertz CT molecular complexity index is 5730. The predicted octanol–water partition coefficient (Wildman–Crippen LogP) is 13.4. The van der Waals surface area contributed by atoms with Crippen LogP contribution in [-0.2, 0) is 74.3 Å². The third-order valence-corrected chi connectivity index (χ3v) is 22.8. The number of H-pyrrole nitrogens is 1. The van der Waals surface area contributed by atoms with Crippen LogP contribution in [0.15, 0.2) is 162 Å². The van der Waals surface area contributed by atoms with Crippen molar-refractivity contribution in [2.75, 3.05) is 0 Å². The van der Waals surface area contributed by atoms with Gasteiger partial charge in [-0.05, 0) is 184 Å². The molecule has 0 aliphatic heterocycles. The number of benzene rings is 3. The maximum Gasteiger partial charge on any atom is 0.333 e. The molecule has 9 heterocycles. The average Bonchev–Trinajstić information content (AvgIpc) is 1.64. The second-order valence-corrected chi connectivity index (χ2v) is 35.5. The first-order chi connectivity index (χ1) is 53.4. The number of hydrogen-bond donors (Lipinski definition) is 2. The fourth-order valence-corrected chi connectivity index (χ4v) is 16.6. The van der Waals surface area contributed by atoms with Crippen LogP contribution in [0.3, 0.4) is 0 Å². The Labute approximate surface area is 685 Å². The van der Waals surface area contributed by atoms with Crippen molar-refractivity contribution in [2.45, 2.75) is 237 Å². The number of carboxylic acids is 1. The fourth-order valence-electron chi connectivity index (χ4n) is 12.4. The SMILES string of the molecule is C.Cc1c(-n2cncn2)sc2c1c(=O)n(C(C)(C)C(=O)O)c(=O)n2C[C@H](OC(C)C)c1ccccc1.Cc1c(-n2cncn2)sc2c1c(=O)n(C(C)(C)C(=O)OC(C)(C)C)c(=O)n2C[C@H](OC(C)C)c1ccccc1.Cc1c(Br)sc2c1c(=O)n(C(C)(C)C(=O)OC(C)(C)C)c(=O)n2C[C@H](OC(C)C)c1ccccc1.c1nc[nH]n1. The van der Waals surface area contributed by atoms with Gasteiger partial charge < -0.3 is 28.8 Å². The number of carbonyl (C=O) groups excluding carboxylic acids is 2. The number of nitrogens with one attached hydrogen (secondary N) is 1. The third-order valence-electron chi connectivity index (χ3n) is 18.0. The minimum atomic E-state index is -1.77. The number of nitrogens with zero attached hydrogens (tertiary/aromatic N) is 14. The Morgan fingerprint density at radius 3 is 1.03 bits per heavy atom. The van der Waals surface area contributed by atoms with E-state index in [2.05, 4.69) is 51.3 Å². The predicted molar refractivity (Wildman–Crippen MR) is 449 cm³/mol. The van der Waals surface area contributed by atoms with Crippen LogP contribution in [0.2, 0.25) is 0 Å². The van der Waals surface area contributed by atoms with Gasteiger partial charge >= 0.3 is 35.0 Å². The highest BCUT2D eigenvalue weighted by Gasteiger charge is 2.42. The maximum atomic E-state index is 14.2. The molecule has 3 atom stereocenters. The minimum Gasteiger partial charge on any atom is -0.480 e. The van der Waals surface area contributed by atoms with Crippen molar-refractivity contribution in [3.63, 3.8) is 0 Å². The molecule has 0 fully saturated rings. The van der Waals surface area contributed by atoms with Crippen LogP contribution in [0.25, 0.3) is 40.7 Å². The average molecular weight is 1700 g/mol. The van der Waals surface area contributed by atoms with E-state index in [0.29, 0.717) is 46.4 Å². The maximum absolute atomic E-state index is 14.2. The van der Waals surface area contributed by atoms with Gasteiger partial charge in [0.2, 0.25) is 0 Å². The quantitative estimate of drug-likeness (QED) is 0.0562. The summed E-state index contributed by atoms with van der Waals surface area (Å²) in [5.41, 5.74) is -5.51. The Balaban J connectivity index is 0.000000208. The lowest BCUT2D eigenvalue weighted by Crippen LogP contribution is -2.54. The molecule has 34 heteroatoms. The summed E-state index contributed by atoms with van der Waals surface area (Å²) in [6.07, 6.45) is 7.01. The smallest absolute Gasteiger partial charge is 0.333 e. The first-order valence-electron chi connectivity index (χ1n) is 36.7. The van der Waals surface area contributed by atoms with Gasteiger partial charge in [0, 0.05) is 11.1 Å². The zero-order valence-corrected chi connectivity index (χ0v) is 71.8. The Morgan fingerprint density at radius 1 is 0.461 bits per heavy atom. The van der Waals surface area contributed by atoms with Crippen molar-refractivity contribution < 1.29 is 43.2 Å². The molecule has 0 spiro atoms. The Hall–Kier alpha value is -10.2. The van der Waals surface area contributed by atoms with E-state index in [-0.39, 0.29) is 50.8 Å². The number of aromatic nitrogens is 15. The highest BCUT2D eigenvalue weighted by molar-refractivity contribution is 9.11. The molecule has 2 N–H and O–H groups in total. The number of hydrogen-bond acceptors (Lipinski definition) is 23. The van der Waals surface area contributed by atoms with E-state index in [1.807, 2.05) is 139 Å². The van der Waals surface area contributed by atoms with Crippen LogP contribution in [0, 0.1) is 20.8 Å². The van der Waals surface area contributed by atoms with Crippen molar-refractivity contribution in [3.8, 4) is 10.0 Å². The molecule has 3 aromatic carbocycles. The largest absolute Gasteiger partial charge is 0.480 e. The molecular formula is C81H102BrN15O15S3. The van der Waals surface area contributed by atoms with Gasteiger partial charge in [0.1, 0.15) is 109 Å². The lowest BCUT2D eigenvalue weighted by atomic mass is 10.0. The lowest BCUT2D eigenvalue weighted by Gasteiger charge is -2.30. The van der Waals surface area contributed by atoms with Gasteiger partial charge in [-0.3, -0.25) is 33.2 Å². The summed E-state index contributed by atoms with van der Waals surface area (Å²) in [6.45, 7) is 36.6. The summed E-state index contributed by atoms with van der Waals surface area (Å²) in [7, 11) is 0. The number of rotatable bonds is 23. The topological polar surface area (TPSA) is 353 Å². The first-order valence-corrected chi connectivity index (χ1v) is 40.0. The number of esters is 2. The van der Waals surface area contributed by atoms with Gasteiger partial charge in [-0.15, -0.1) is 11.3 Å². The molecule has 0 unspecified atom stereocenters. The van der Waals surface area contributed by atoms with Gasteiger partial charge in [0.25, 0.3) is 16.7 Å². The van der Waals surface area contributed by atoms with E-state index in [1.165, 1.54) is 127 Å². The fraction of sp³-hybridized carbons (Fsp3) is 0.444. The van der Waals surface area contributed by atoms with Crippen LogP contribution >= 0.6 is 49.9 Å². The van der Waals surface area contributed by atoms with Crippen LogP contribution < -0.4 is 33.7 Å². The molecule has 0 saturated heterocycles. The van der Waals surface area contributed by atoms with Gasteiger partial charge in [-0.1, -0.05) is 121 Å². The van der Waals surface area contributed by atoms with Crippen LogP contribution in [0.5, 0.6) is 0 Å². The number of fused-ring (bicyclic) bond motifs is 3. The Kier molecular flexibility index (Phi) is 28.8. The summed E-state index contributed by atoms with van der Waals surface area (Å²) in [4.78, 5) is 135. The molecule has 0 saturated carbocycles. The Morgan fingerprint density at radius 2 is 0.774 bits per heavy atom. The van der Waals surface area contributed by atoms with E-state index in [9.17, 15) is 48.3 Å². The van der Waals surface area contributed by atoms with Gasteiger partial charge in [0.05, 0.1) is 57.9 Å². The number of halogens is 1. The van der Waals surface area contributed by atoms with Crippen molar-refractivity contribution in [1.82, 2.24) is 72.1 Å². The second kappa shape index (κ2) is 36.7. The minimum absolute atomic E-state index is 0. The highest BCUT2D eigenvalue weighted by Crippen LogP contribution is 2.38. The van der Waals surface area contributed by atoms with Gasteiger partial charge in [-0.2, -0.15) is 15.3 Å². The molecule has 0 amide bonds. The molecule has 12 rings (SSSR count). The molecule has 12 aromatic rings. The van der Waals surface area contributed by atoms with Gasteiger partial charge in [0.15, 0.2) is 0 Å². The number of ether oxygens (including phenoxy) is 5. The van der Waals surface area contributed by atoms with E-state index in [0.717, 1.165) is 39.7 Å². The zero-order chi connectivity index (χ0) is 84.0. The van der Waals surface area contributed by atoms with Crippen LogP contribution in [-0.4, -0.2) is 125 Å². The molecule has 616 valence electrons. The van der Waals surface area contributed by atoms with Crippen molar-refractivity contribution in [2.24, 2.45) is 0 Å². The lowest BCUT2D eigenvalue weighted by molar-refractivity contribution is -0.165. The number of aryl methyl sites for hydroxylation is 3. The number of carboxylic acid groups (broad SMARTS) is 1. The van der Waals surface area contributed by atoms with E-state index in [1.54, 1.807) is 64.6 Å². The molecule has 0 bridgehead atoms. The molecular weight excluding hydrogens is 1600 g/mol. The molecule has 0 radical (unpaired) electrons.